The molecule has 166 valence electrons. The highest BCUT2D eigenvalue weighted by Crippen LogP contribution is 2.30. The van der Waals surface area contributed by atoms with Crippen LogP contribution in [0.4, 0.5) is 0 Å². The van der Waals surface area contributed by atoms with Crippen LogP contribution in [0.15, 0.2) is 48.2 Å². The fourth-order valence-electron chi connectivity index (χ4n) is 4.17. The number of nitrogens with zero attached hydrogens (tertiary/aromatic N) is 1. The Morgan fingerprint density at radius 3 is 2.69 bits per heavy atom. The molecule has 0 saturated carbocycles. The van der Waals surface area contributed by atoms with Crippen LogP contribution in [0.25, 0.3) is 0 Å². The topological polar surface area (TPSA) is 78.5 Å². The Hall–Kier alpha value is -2.83. The van der Waals surface area contributed by atoms with E-state index in [1.54, 1.807) is 18.2 Å². The van der Waals surface area contributed by atoms with Crippen molar-refractivity contribution in [3.05, 3.63) is 80.5 Å². The summed E-state index contributed by atoms with van der Waals surface area (Å²) < 4.78 is 0. The van der Waals surface area contributed by atoms with Crippen LogP contribution in [-0.2, 0) is 29.1 Å². The summed E-state index contributed by atoms with van der Waals surface area (Å²) in [7, 11) is 0. The van der Waals surface area contributed by atoms with Crippen LogP contribution in [0.1, 0.15) is 46.8 Å². The molecule has 4 rings (SSSR count). The number of amides is 3. The monoisotopic (exact) mass is 471 g/mol. The van der Waals surface area contributed by atoms with Gasteiger partial charge in [-0.3, -0.25) is 14.4 Å². The molecule has 0 aliphatic carbocycles. The molecule has 1 fully saturated rings. The molecule has 0 spiro atoms. The maximum absolute atomic E-state index is 13.0. The first-order chi connectivity index (χ1) is 15.4. The normalized spacial score (nSPS) is 19.2. The molecule has 1 unspecified atom stereocenters. The molecule has 2 N–H and O–H groups in total. The number of hydrogen-bond donors (Lipinski definition) is 2. The Kier molecular flexibility index (Phi) is 6.53. The second-order valence-electron chi connectivity index (χ2n) is 7.97. The fourth-order valence-corrected chi connectivity index (χ4v) is 4.50. The summed E-state index contributed by atoms with van der Waals surface area (Å²) in [4.78, 5) is 38.8. The molecule has 2 heterocycles. The van der Waals surface area contributed by atoms with Gasteiger partial charge in [0.05, 0.1) is 22.5 Å². The Morgan fingerprint density at radius 2 is 1.94 bits per heavy atom. The van der Waals surface area contributed by atoms with Crippen LogP contribution in [-0.4, -0.2) is 28.7 Å². The molecule has 2 aromatic rings. The van der Waals surface area contributed by atoms with E-state index in [4.69, 9.17) is 23.2 Å². The molecular weight excluding hydrogens is 449 g/mol. The summed E-state index contributed by atoms with van der Waals surface area (Å²) in [5.74, 6) is -0.176. The SMILES string of the molecule is C/C=C1\NC(=O)CCC1N1Cc2cc(CNC(=O)Cc3ccc(Cl)c(Cl)c3)ccc2C1=O. The summed E-state index contributed by atoms with van der Waals surface area (Å²) in [6.07, 6.45) is 3.07. The highest BCUT2D eigenvalue weighted by Gasteiger charge is 2.36. The molecule has 2 aliphatic rings. The molecular formula is C24H23Cl2N3O3. The quantitative estimate of drug-likeness (QED) is 0.691. The number of fused-ring (bicyclic) bond motifs is 1. The van der Waals surface area contributed by atoms with Gasteiger partial charge in [-0.2, -0.15) is 0 Å². The second kappa shape index (κ2) is 9.35. The first-order valence-electron chi connectivity index (χ1n) is 10.4. The Bertz CT molecular complexity index is 1130. The molecule has 1 saturated heterocycles. The average molecular weight is 472 g/mol. The zero-order chi connectivity index (χ0) is 22.8. The van der Waals surface area contributed by atoms with Gasteiger partial charge in [0.15, 0.2) is 0 Å². The number of piperidine rings is 1. The van der Waals surface area contributed by atoms with Crippen LogP contribution >= 0.6 is 23.2 Å². The smallest absolute Gasteiger partial charge is 0.255 e. The van der Waals surface area contributed by atoms with Gasteiger partial charge in [0.2, 0.25) is 11.8 Å². The van der Waals surface area contributed by atoms with Gasteiger partial charge in [-0.25, -0.2) is 0 Å². The van der Waals surface area contributed by atoms with E-state index in [2.05, 4.69) is 10.6 Å². The zero-order valence-electron chi connectivity index (χ0n) is 17.6. The van der Waals surface area contributed by atoms with Crippen molar-refractivity contribution >= 4 is 40.9 Å². The number of carbonyl (C=O) groups is 3. The van der Waals surface area contributed by atoms with Gasteiger partial charge in [-0.1, -0.05) is 47.5 Å². The van der Waals surface area contributed by atoms with E-state index in [0.29, 0.717) is 41.5 Å². The zero-order valence-corrected chi connectivity index (χ0v) is 19.1. The summed E-state index contributed by atoms with van der Waals surface area (Å²) in [6, 6.07) is 10.6. The second-order valence-corrected chi connectivity index (χ2v) is 8.79. The van der Waals surface area contributed by atoms with Crippen molar-refractivity contribution in [3.8, 4) is 0 Å². The van der Waals surface area contributed by atoms with Gasteiger partial charge in [-0.15, -0.1) is 0 Å². The lowest BCUT2D eigenvalue weighted by Crippen LogP contribution is -2.46. The van der Waals surface area contributed by atoms with Crippen molar-refractivity contribution < 1.29 is 14.4 Å². The lowest BCUT2D eigenvalue weighted by Gasteiger charge is -2.33. The summed E-state index contributed by atoms with van der Waals surface area (Å²) in [5.41, 5.74) is 4.08. The Labute approximate surface area is 196 Å². The van der Waals surface area contributed by atoms with Crippen LogP contribution in [0.3, 0.4) is 0 Å². The van der Waals surface area contributed by atoms with Crippen LogP contribution in [0.2, 0.25) is 10.0 Å². The van der Waals surface area contributed by atoms with Crippen LogP contribution in [0, 0.1) is 0 Å². The molecule has 0 aromatic heterocycles. The molecule has 3 amide bonds. The summed E-state index contributed by atoms with van der Waals surface area (Å²) in [6.45, 7) is 2.71. The van der Waals surface area contributed by atoms with E-state index in [9.17, 15) is 14.4 Å². The fraction of sp³-hybridized carbons (Fsp3) is 0.292. The molecule has 6 nitrogen and oxygen atoms in total. The molecule has 2 aromatic carbocycles. The molecule has 1 atom stereocenters. The summed E-state index contributed by atoms with van der Waals surface area (Å²) >= 11 is 11.9. The molecule has 0 radical (unpaired) electrons. The van der Waals surface area contributed by atoms with Crippen LogP contribution in [0.5, 0.6) is 0 Å². The third kappa shape index (κ3) is 4.66. The van der Waals surface area contributed by atoms with Crippen molar-refractivity contribution in [2.75, 3.05) is 0 Å². The van der Waals surface area contributed by atoms with Crippen molar-refractivity contribution in [2.24, 2.45) is 0 Å². The molecule has 32 heavy (non-hydrogen) atoms. The maximum atomic E-state index is 13.0. The van der Waals surface area contributed by atoms with E-state index in [0.717, 1.165) is 22.4 Å². The predicted octanol–water partition coefficient (Wildman–Crippen LogP) is 3.99. The number of halogens is 2. The minimum atomic E-state index is -0.132. The lowest BCUT2D eigenvalue weighted by molar-refractivity contribution is -0.122. The minimum Gasteiger partial charge on any atom is -0.352 e. The van der Waals surface area contributed by atoms with Gasteiger partial charge in [-0.05, 0) is 48.2 Å². The van der Waals surface area contributed by atoms with Gasteiger partial charge in [0.1, 0.15) is 0 Å². The van der Waals surface area contributed by atoms with E-state index in [1.165, 1.54) is 0 Å². The first-order valence-corrected chi connectivity index (χ1v) is 11.2. The van der Waals surface area contributed by atoms with E-state index >= 15 is 0 Å². The Balaban J connectivity index is 1.39. The average Bonchev–Trinajstić information content (AvgIpc) is 3.10. The van der Waals surface area contributed by atoms with Gasteiger partial charge in [0, 0.05) is 30.8 Å². The number of allylic oxidation sites excluding steroid dienone is 1. The van der Waals surface area contributed by atoms with Gasteiger partial charge >= 0.3 is 0 Å². The third-order valence-electron chi connectivity index (χ3n) is 5.81. The molecule has 8 heteroatoms. The number of rotatable bonds is 5. The van der Waals surface area contributed by atoms with Crippen molar-refractivity contribution in [2.45, 2.75) is 45.3 Å². The van der Waals surface area contributed by atoms with E-state index in [1.807, 2.05) is 36.1 Å². The van der Waals surface area contributed by atoms with Gasteiger partial charge in [0.25, 0.3) is 5.91 Å². The van der Waals surface area contributed by atoms with E-state index in [-0.39, 0.29) is 30.2 Å². The third-order valence-corrected chi connectivity index (χ3v) is 6.55. The molecule has 0 bridgehead atoms. The Morgan fingerprint density at radius 1 is 1.16 bits per heavy atom. The number of hydrogen-bond acceptors (Lipinski definition) is 3. The van der Waals surface area contributed by atoms with Gasteiger partial charge < -0.3 is 15.5 Å². The predicted molar refractivity (Wildman–Crippen MR) is 123 cm³/mol. The minimum absolute atomic E-state index is 0.0163. The van der Waals surface area contributed by atoms with Crippen molar-refractivity contribution in [1.29, 1.82) is 0 Å². The number of carbonyl (C=O) groups excluding carboxylic acids is 3. The highest BCUT2D eigenvalue weighted by molar-refractivity contribution is 6.42. The first kappa shape index (κ1) is 22.4. The van der Waals surface area contributed by atoms with E-state index < -0.39 is 0 Å². The van der Waals surface area contributed by atoms with Crippen molar-refractivity contribution in [1.82, 2.24) is 15.5 Å². The maximum Gasteiger partial charge on any atom is 0.255 e. The summed E-state index contributed by atoms with van der Waals surface area (Å²) in [5, 5.41) is 6.66. The lowest BCUT2D eigenvalue weighted by atomic mass is 10.0. The van der Waals surface area contributed by atoms with Crippen molar-refractivity contribution in [3.63, 3.8) is 0 Å². The van der Waals surface area contributed by atoms with Crippen LogP contribution < -0.4 is 10.6 Å². The highest BCUT2D eigenvalue weighted by atomic mass is 35.5. The number of benzene rings is 2. The molecule has 2 aliphatic heterocycles. The largest absolute Gasteiger partial charge is 0.352 e. The number of nitrogens with one attached hydrogen (secondary N) is 2. The standard InChI is InChI=1S/C24H23Cl2N3O3/c1-2-20-21(7-8-22(30)28-20)29-13-16-9-15(3-5-17(16)24(29)32)12-27-23(31)11-14-4-6-18(25)19(26)10-14/h2-6,9-10,21H,7-8,11-13H2,1H3,(H,27,31)(H,28,30)/b20-2-.